The Kier molecular flexibility index (Phi) is 4.43. The molecule has 0 amide bonds. The highest BCUT2D eigenvalue weighted by Crippen LogP contribution is 2.19. The number of nitrogens with zero attached hydrogens (tertiary/aromatic N) is 2. The average molecular weight is 251 g/mol. The zero-order valence-corrected chi connectivity index (χ0v) is 11.8. The fraction of sp³-hybridized carbons (Fsp3) is 0.714. The van der Waals surface area contributed by atoms with E-state index in [0.29, 0.717) is 12.6 Å². The fourth-order valence-corrected chi connectivity index (χ4v) is 2.74. The van der Waals surface area contributed by atoms with Crippen molar-refractivity contribution in [2.24, 2.45) is 5.73 Å². The average Bonchev–Trinajstić information content (AvgIpc) is 2.69. The van der Waals surface area contributed by atoms with Crippen LogP contribution in [0.5, 0.6) is 0 Å². The number of aryl methyl sites for hydroxylation is 1. The predicted octanol–water partition coefficient (Wildman–Crippen LogP) is 1.57. The van der Waals surface area contributed by atoms with Gasteiger partial charge in [0, 0.05) is 12.6 Å². The van der Waals surface area contributed by atoms with E-state index in [1.165, 1.54) is 24.9 Å². The molecule has 1 saturated heterocycles. The predicted molar refractivity (Wildman–Crippen MR) is 73.3 cm³/mol. The number of hydrogen-bond donors (Lipinski definition) is 1. The Balaban J connectivity index is 1.95. The van der Waals surface area contributed by atoms with E-state index in [1.54, 1.807) is 0 Å². The number of piperidine rings is 1. The summed E-state index contributed by atoms with van der Waals surface area (Å²) in [6.07, 6.45) is 2.57. The van der Waals surface area contributed by atoms with Gasteiger partial charge in [-0.25, -0.2) is 0 Å². The molecule has 2 N–H and O–H groups in total. The number of hydrogen-bond acceptors (Lipinski definition) is 4. The lowest BCUT2D eigenvalue weighted by atomic mass is 10.1. The van der Waals surface area contributed by atoms with Gasteiger partial charge in [-0.3, -0.25) is 4.90 Å². The minimum absolute atomic E-state index is 0.488. The van der Waals surface area contributed by atoms with Crippen LogP contribution in [0.3, 0.4) is 0 Å². The van der Waals surface area contributed by atoms with Crippen molar-refractivity contribution >= 4 is 0 Å². The van der Waals surface area contributed by atoms with Gasteiger partial charge in [-0.2, -0.15) is 0 Å². The van der Waals surface area contributed by atoms with Crippen molar-refractivity contribution in [3.8, 4) is 0 Å². The van der Waals surface area contributed by atoms with Crippen molar-refractivity contribution in [1.29, 1.82) is 0 Å². The number of likely N-dealkylation sites (tertiary alicyclic amines) is 1. The maximum absolute atomic E-state index is 5.77. The molecule has 0 spiro atoms. The third kappa shape index (κ3) is 3.13. The van der Waals surface area contributed by atoms with Gasteiger partial charge in [-0.05, 0) is 52.0 Å². The number of furan rings is 1. The van der Waals surface area contributed by atoms with E-state index >= 15 is 0 Å². The maximum atomic E-state index is 5.77. The zero-order valence-electron chi connectivity index (χ0n) is 11.8. The minimum atomic E-state index is 0.488. The van der Waals surface area contributed by atoms with Gasteiger partial charge in [0.2, 0.25) is 0 Å². The van der Waals surface area contributed by atoms with Crippen LogP contribution in [0.2, 0.25) is 0 Å². The molecule has 0 saturated carbocycles. The standard InChI is InChI=1S/C14H25N3O/c1-11-7-13(18-14(11)8-15)10-17(3)12-5-4-6-16(2)9-12/h7,12H,4-6,8-10,15H2,1-3H3. The highest BCUT2D eigenvalue weighted by atomic mass is 16.3. The normalized spacial score (nSPS) is 21.7. The van der Waals surface area contributed by atoms with Crippen LogP contribution in [0.4, 0.5) is 0 Å². The number of likely N-dealkylation sites (N-methyl/N-ethyl adjacent to an activating group) is 2. The summed E-state index contributed by atoms with van der Waals surface area (Å²) < 4.78 is 5.77. The molecule has 0 aromatic carbocycles. The van der Waals surface area contributed by atoms with Crippen LogP contribution in [0.1, 0.15) is 29.9 Å². The van der Waals surface area contributed by atoms with Gasteiger partial charge in [0.05, 0.1) is 13.1 Å². The molecular weight excluding hydrogens is 226 g/mol. The van der Waals surface area contributed by atoms with Crippen molar-refractivity contribution in [1.82, 2.24) is 9.80 Å². The third-order valence-corrected chi connectivity index (χ3v) is 3.89. The Morgan fingerprint density at radius 1 is 1.56 bits per heavy atom. The molecular formula is C14H25N3O. The monoisotopic (exact) mass is 251 g/mol. The lowest BCUT2D eigenvalue weighted by Gasteiger charge is -2.35. The first-order valence-corrected chi connectivity index (χ1v) is 6.77. The molecule has 1 aliphatic rings. The largest absolute Gasteiger partial charge is 0.463 e. The third-order valence-electron chi connectivity index (χ3n) is 3.89. The summed E-state index contributed by atoms with van der Waals surface area (Å²) in [4.78, 5) is 4.80. The summed E-state index contributed by atoms with van der Waals surface area (Å²) in [6.45, 7) is 5.80. The molecule has 2 rings (SSSR count). The Hall–Kier alpha value is -0.840. The molecule has 102 valence electrons. The molecule has 1 aromatic heterocycles. The molecule has 18 heavy (non-hydrogen) atoms. The zero-order chi connectivity index (χ0) is 13.1. The lowest BCUT2D eigenvalue weighted by Crippen LogP contribution is -2.44. The number of nitrogens with two attached hydrogens (primary N) is 1. The smallest absolute Gasteiger partial charge is 0.120 e. The van der Waals surface area contributed by atoms with Crippen LogP contribution in [0, 0.1) is 6.92 Å². The van der Waals surface area contributed by atoms with Gasteiger partial charge < -0.3 is 15.1 Å². The van der Waals surface area contributed by atoms with E-state index in [9.17, 15) is 0 Å². The molecule has 0 radical (unpaired) electrons. The molecule has 1 fully saturated rings. The quantitative estimate of drug-likeness (QED) is 0.882. The Labute approximate surface area is 110 Å². The Morgan fingerprint density at radius 2 is 2.33 bits per heavy atom. The van der Waals surface area contributed by atoms with E-state index in [1.807, 2.05) is 0 Å². The van der Waals surface area contributed by atoms with Gasteiger partial charge in [0.15, 0.2) is 0 Å². The van der Waals surface area contributed by atoms with Crippen LogP contribution in [0.15, 0.2) is 10.5 Å². The van der Waals surface area contributed by atoms with E-state index in [2.05, 4.69) is 36.9 Å². The Bertz CT molecular complexity index is 388. The molecule has 1 atom stereocenters. The lowest BCUT2D eigenvalue weighted by molar-refractivity contribution is 0.123. The van der Waals surface area contributed by atoms with Gasteiger partial charge in [-0.1, -0.05) is 0 Å². The second-order valence-electron chi connectivity index (χ2n) is 5.50. The molecule has 1 aliphatic heterocycles. The van der Waals surface area contributed by atoms with Crippen molar-refractivity contribution in [3.63, 3.8) is 0 Å². The van der Waals surface area contributed by atoms with E-state index in [0.717, 1.165) is 24.6 Å². The second kappa shape index (κ2) is 5.87. The molecule has 2 heterocycles. The van der Waals surface area contributed by atoms with E-state index < -0.39 is 0 Å². The van der Waals surface area contributed by atoms with Crippen LogP contribution < -0.4 is 5.73 Å². The Morgan fingerprint density at radius 3 is 2.94 bits per heavy atom. The SMILES string of the molecule is Cc1cc(CN(C)C2CCCN(C)C2)oc1CN. The van der Waals surface area contributed by atoms with Crippen LogP contribution in [0.25, 0.3) is 0 Å². The molecule has 1 aromatic rings. The summed E-state index contributed by atoms with van der Waals surface area (Å²) in [5.74, 6) is 1.95. The first-order valence-electron chi connectivity index (χ1n) is 6.77. The summed E-state index contributed by atoms with van der Waals surface area (Å²) in [7, 11) is 4.38. The summed E-state index contributed by atoms with van der Waals surface area (Å²) in [5.41, 5.74) is 6.81. The summed E-state index contributed by atoms with van der Waals surface area (Å²) >= 11 is 0. The van der Waals surface area contributed by atoms with Gasteiger partial charge in [0.1, 0.15) is 11.5 Å². The summed E-state index contributed by atoms with van der Waals surface area (Å²) in [6, 6.07) is 2.75. The molecule has 1 unspecified atom stereocenters. The van der Waals surface area contributed by atoms with E-state index in [-0.39, 0.29) is 0 Å². The topological polar surface area (TPSA) is 45.6 Å². The van der Waals surface area contributed by atoms with E-state index in [4.69, 9.17) is 10.2 Å². The van der Waals surface area contributed by atoms with Gasteiger partial charge in [0.25, 0.3) is 0 Å². The van der Waals surface area contributed by atoms with Crippen molar-refractivity contribution < 1.29 is 4.42 Å². The highest BCUT2D eigenvalue weighted by molar-refractivity contribution is 5.19. The molecule has 4 heteroatoms. The number of rotatable bonds is 4. The maximum Gasteiger partial charge on any atom is 0.120 e. The fourth-order valence-electron chi connectivity index (χ4n) is 2.74. The van der Waals surface area contributed by atoms with Crippen LogP contribution >= 0.6 is 0 Å². The highest BCUT2D eigenvalue weighted by Gasteiger charge is 2.22. The van der Waals surface area contributed by atoms with Crippen molar-refractivity contribution in [3.05, 3.63) is 23.2 Å². The van der Waals surface area contributed by atoms with Crippen LogP contribution in [-0.2, 0) is 13.1 Å². The van der Waals surface area contributed by atoms with Crippen molar-refractivity contribution in [2.45, 2.75) is 38.9 Å². The summed E-state index contributed by atoms with van der Waals surface area (Å²) in [5, 5.41) is 0. The first kappa shape index (κ1) is 13.6. The van der Waals surface area contributed by atoms with Crippen LogP contribution in [-0.4, -0.2) is 43.0 Å². The van der Waals surface area contributed by atoms with Gasteiger partial charge in [-0.15, -0.1) is 0 Å². The molecule has 0 aliphatic carbocycles. The second-order valence-corrected chi connectivity index (χ2v) is 5.50. The molecule has 4 nitrogen and oxygen atoms in total. The van der Waals surface area contributed by atoms with Gasteiger partial charge >= 0.3 is 0 Å². The first-order chi connectivity index (χ1) is 8.60. The minimum Gasteiger partial charge on any atom is -0.463 e. The molecule has 0 bridgehead atoms. The van der Waals surface area contributed by atoms with Crippen molar-refractivity contribution in [2.75, 3.05) is 27.2 Å².